The number of nitrogens with zero attached hydrogens (tertiary/aromatic N) is 6. The van der Waals surface area contributed by atoms with Crippen molar-refractivity contribution in [3.8, 4) is 11.3 Å². The number of allylic oxidation sites excluding steroid dienone is 3. The summed E-state index contributed by atoms with van der Waals surface area (Å²) in [5.41, 5.74) is 3.30. The summed E-state index contributed by atoms with van der Waals surface area (Å²) in [4.78, 5) is 0. The van der Waals surface area contributed by atoms with Gasteiger partial charge in [-0.3, -0.25) is 4.40 Å². The predicted molar refractivity (Wildman–Crippen MR) is 84.9 cm³/mol. The molecule has 3 aromatic heterocycles. The molecule has 0 aromatic carbocycles. The quantitative estimate of drug-likeness (QED) is 0.590. The number of aromatic nitrogens is 6. The second-order valence-electron chi connectivity index (χ2n) is 4.90. The second-order valence-corrected chi connectivity index (χ2v) is 4.90. The minimum atomic E-state index is -0.475. The molecule has 0 fully saturated rings. The topological polar surface area (TPSA) is 72.9 Å². The van der Waals surface area contributed by atoms with Gasteiger partial charge in [0.1, 0.15) is 17.7 Å². The van der Waals surface area contributed by atoms with Gasteiger partial charge in [0.05, 0.1) is 5.69 Å². The zero-order chi connectivity index (χ0) is 16.4. The molecule has 0 amide bonds. The second kappa shape index (κ2) is 5.99. The lowest BCUT2D eigenvalue weighted by atomic mass is 10.2. The largest absolute Gasteiger partial charge is 0.363 e. The van der Waals surface area contributed by atoms with E-state index in [1.54, 1.807) is 22.9 Å². The maximum Gasteiger partial charge on any atom is 0.212 e. The molecule has 23 heavy (non-hydrogen) atoms. The number of hydrogen-bond acceptors (Lipinski definition) is 5. The zero-order valence-electron chi connectivity index (χ0n) is 13.0. The predicted octanol–water partition coefficient (Wildman–Crippen LogP) is 2.19. The Balaban J connectivity index is 2.11. The van der Waals surface area contributed by atoms with Crippen molar-refractivity contribution in [1.29, 1.82) is 0 Å². The third-order valence-corrected chi connectivity index (χ3v) is 3.46. The van der Waals surface area contributed by atoms with Gasteiger partial charge in [-0.25, -0.2) is 4.68 Å². The van der Waals surface area contributed by atoms with Crippen LogP contribution < -0.4 is 5.32 Å². The molecule has 0 spiro atoms. The van der Waals surface area contributed by atoms with E-state index in [4.69, 9.17) is 0 Å². The first-order valence-electron chi connectivity index (χ1n) is 7.08. The molecule has 8 heteroatoms. The number of hydrogen-bond donors (Lipinski definition) is 1. The monoisotopic (exact) mass is 313 g/mol. The summed E-state index contributed by atoms with van der Waals surface area (Å²) in [5, 5.41) is 18.6. The maximum atomic E-state index is 14.0. The van der Waals surface area contributed by atoms with E-state index in [0.29, 0.717) is 11.4 Å². The summed E-state index contributed by atoms with van der Waals surface area (Å²) < 4.78 is 17.3. The molecule has 3 heterocycles. The summed E-state index contributed by atoms with van der Waals surface area (Å²) in [6, 6.07) is 3.73. The minimum absolute atomic E-state index is 0.302. The highest BCUT2D eigenvalue weighted by Gasteiger charge is 2.15. The van der Waals surface area contributed by atoms with Gasteiger partial charge in [-0.1, -0.05) is 11.3 Å². The number of pyridine rings is 1. The Hall–Kier alpha value is -3.03. The smallest absolute Gasteiger partial charge is 0.212 e. The van der Waals surface area contributed by atoms with Gasteiger partial charge >= 0.3 is 0 Å². The zero-order valence-corrected chi connectivity index (χ0v) is 13.0. The molecule has 1 N–H and O–H groups in total. The Morgan fingerprint density at radius 2 is 2.13 bits per heavy atom. The van der Waals surface area contributed by atoms with E-state index < -0.39 is 5.95 Å². The Morgan fingerprint density at radius 1 is 1.30 bits per heavy atom. The summed E-state index contributed by atoms with van der Waals surface area (Å²) in [6.07, 6.45) is 6.87. The van der Waals surface area contributed by atoms with Gasteiger partial charge in [0, 0.05) is 18.8 Å². The van der Waals surface area contributed by atoms with Crippen LogP contribution in [0.15, 0.2) is 42.8 Å². The van der Waals surface area contributed by atoms with Crippen molar-refractivity contribution in [3.05, 3.63) is 48.5 Å². The van der Waals surface area contributed by atoms with E-state index in [-0.39, 0.29) is 0 Å². The van der Waals surface area contributed by atoms with Crippen LogP contribution in [0, 0.1) is 6.92 Å². The standard InChI is InChI=1S/C15H16FN7/c1-4-5-12(15(16)17-3)23-10(2)14(20-21-23)11-6-7-13-19-18-9-22(13)8-11/h4-9,17H,1-3H3/b5-4-,15-12+. The van der Waals surface area contributed by atoms with Crippen LogP contribution in [0.4, 0.5) is 4.39 Å². The Kier molecular flexibility index (Phi) is 3.88. The molecule has 0 aliphatic carbocycles. The lowest BCUT2D eigenvalue weighted by Gasteiger charge is -2.07. The van der Waals surface area contributed by atoms with E-state index in [0.717, 1.165) is 16.9 Å². The van der Waals surface area contributed by atoms with Crippen LogP contribution in [0.25, 0.3) is 22.6 Å². The highest BCUT2D eigenvalue weighted by Crippen LogP contribution is 2.24. The molecule has 0 aliphatic heterocycles. The van der Waals surface area contributed by atoms with Gasteiger partial charge in [0.15, 0.2) is 5.65 Å². The molecule has 7 nitrogen and oxygen atoms in total. The van der Waals surface area contributed by atoms with Gasteiger partial charge < -0.3 is 5.32 Å². The molecule has 0 radical (unpaired) electrons. The van der Waals surface area contributed by atoms with E-state index in [1.165, 1.54) is 11.7 Å². The average Bonchev–Trinajstić information content (AvgIpc) is 3.17. The SMILES string of the molecule is C/C=C\C(=C(\F)NC)n1nnc(-c2ccc3nncn3c2)c1C. The first-order valence-corrected chi connectivity index (χ1v) is 7.08. The fourth-order valence-electron chi connectivity index (χ4n) is 2.31. The number of fused-ring (bicyclic) bond motifs is 1. The van der Waals surface area contributed by atoms with Gasteiger partial charge in [-0.05, 0) is 32.1 Å². The molecule has 3 rings (SSSR count). The summed E-state index contributed by atoms with van der Waals surface area (Å²) >= 11 is 0. The number of rotatable bonds is 4. The third kappa shape index (κ3) is 2.59. The molecule has 0 saturated carbocycles. The minimum Gasteiger partial charge on any atom is -0.363 e. The Bertz CT molecular complexity index is 904. The van der Waals surface area contributed by atoms with E-state index in [2.05, 4.69) is 25.8 Å². The third-order valence-electron chi connectivity index (χ3n) is 3.46. The molecule has 0 bridgehead atoms. The average molecular weight is 313 g/mol. The van der Waals surface area contributed by atoms with Crippen LogP contribution in [0.3, 0.4) is 0 Å². The Labute approximate surface area is 132 Å². The van der Waals surface area contributed by atoms with Crippen molar-refractivity contribution in [2.75, 3.05) is 7.05 Å². The maximum absolute atomic E-state index is 14.0. The highest BCUT2D eigenvalue weighted by molar-refractivity contribution is 5.66. The van der Waals surface area contributed by atoms with Crippen molar-refractivity contribution in [2.24, 2.45) is 0 Å². The lowest BCUT2D eigenvalue weighted by Crippen LogP contribution is -2.09. The summed E-state index contributed by atoms with van der Waals surface area (Å²) in [7, 11) is 1.52. The van der Waals surface area contributed by atoms with Crippen molar-refractivity contribution in [2.45, 2.75) is 13.8 Å². The van der Waals surface area contributed by atoms with Crippen LogP contribution in [0.2, 0.25) is 0 Å². The highest BCUT2D eigenvalue weighted by atomic mass is 19.1. The normalized spacial score (nSPS) is 12.9. The fraction of sp³-hybridized carbons (Fsp3) is 0.200. The van der Waals surface area contributed by atoms with Crippen LogP contribution in [-0.4, -0.2) is 36.6 Å². The van der Waals surface area contributed by atoms with Gasteiger partial charge in [-0.15, -0.1) is 15.3 Å². The summed E-state index contributed by atoms with van der Waals surface area (Å²) in [5.74, 6) is -0.475. The molecule has 3 aromatic rings. The van der Waals surface area contributed by atoms with Crippen molar-refractivity contribution < 1.29 is 4.39 Å². The first kappa shape index (κ1) is 14.9. The van der Waals surface area contributed by atoms with Crippen LogP contribution >= 0.6 is 0 Å². The van der Waals surface area contributed by atoms with E-state index >= 15 is 0 Å². The lowest BCUT2D eigenvalue weighted by molar-refractivity contribution is 0.567. The van der Waals surface area contributed by atoms with Gasteiger partial charge in [-0.2, -0.15) is 4.39 Å². The molecular formula is C15H16FN7. The molecular weight excluding hydrogens is 297 g/mol. The van der Waals surface area contributed by atoms with E-state index in [9.17, 15) is 4.39 Å². The van der Waals surface area contributed by atoms with Crippen LogP contribution in [0.5, 0.6) is 0 Å². The van der Waals surface area contributed by atoms with Gasteiger partial charge in [0.25, 0.3) is 0 Å². The number of halogens is 1. The van der Waals surface area contributed by atoms with Crippen LogP contribution in [0.1, 0.15) is 12.6 Å². The van der Waals surface area contributed by atoms with Crippen molar-refractivity contribution in [1.82, 2.24) is 34.9 Å². The molecule has 0 aliphatic rings. The summed E-state index contributed by atoms with van der Waals surface area (Å²) in [6.45, 7) is 3.66. The fourth-order valence-corrected chi connectivity index (χ4v) is 2.31. The van der Waals surface area contributed by atoms with Crippen molar-refractivity contribution >= 4 is 11.3 Å². The Morgan fingerprint density at radius 3 is 2.87 bits per heavy atom. The molecule has 0 atom stereocenters. The van der Waals surface area contributed by atoms with Crippen molar-refractivity contribution in [3.63, 3.8) is 0 Å². The van der Waals surface area contributed by atoms with Crippen LogP contribution in [-0.2, 0) is 0 Å². The van der Waals surface area contributed by atoms with E-state index in [1.807, 2.05) is 32.2 Å². The van der Waals surface area contributed by atoms with Gasteiger partial charge in [0.2, 0.25) is 5.95 Å². The number of nitrogens with one attached hydrogen (secondary N) is 1. The first-order chi connectivity index (χ1) is 11.2. The molecule has 0 unspecified atom stereocenters. The molecule has 0 saturated heterocycles. The molecule has 118 valence electrons.